The van der Waals surface area contributed by atoms with Crippen molar-refractivity contribution in [3.05, 3.63) is 38.8 Å². The molecule has 0 amide bonds. The van der Waals surface area contributed by atoms with E-state index >= 15 is 0 Å². The van der Waals surface area contributed by atoms with E-state index in [-0.39, 0.29) is 6.04 Å². The van der Waals surface area contributed by atoms with Crippen molar-refractivity contribution in [3.8, 4) is 0 Å². The Hall–Kier alpha value is -0.650. The third-order valence-electron chi connectivity index (χ3n) is 2.63. The first kappa shape index (κ1) is 12.8. The Balaban J connectivity index is 2.26. The van der Waals surface area contributed by atoms with Crippen molar-refractivity contribution in [3.63, 3.8) is 0 Å². The van der Waals surface area contributed by atoms with E-state index in [0.29, 0.717) is 0 Å². The quantitative estimate of drug-likeness (QED) is 0.916. The van der Waals surface area contributed by atoms with Crippen LogP contribution in [0.25, 0.3) is 0 Å². The summed E-state index contributed by atoms with van der Waals surface area (Å²) in [5.74, 6) is 0. The minimum atomic E-state index is 0.218. The lowest BCUT2D eigenvalue weighted by atomic mass is 10.1. The molecule has 0 saturated heterocycles. The van der Waals surface area contributed by atoms with Crippen molar-refractivity contribution in [2.24, 2.45) is 0 Å². The van der Waals surface area contributed by atoms with Gasteiger partial charge in [-0.2, -0.15) is 5.10 Å². The Labute approximate surface area is 114 Å². The first-order valence-corrected chi connectivity index (χ1v) is 7.36. The maximum atomic E-state index is 4.38. The molecule has 0 spiro atoms. The van der Waals surface area contributed by atoms with E-state index in [1.54, 1.807) is 11.3 Å². The molecule has 0 aliphatic carbocycles. The minimum Gasteiger partial charge on any atom is -0.309 e. The van der Waals surface area contributed by atoms with Crippen molar-refractivity contribution in [2.75, 3.05) is 7.05 Å². The summed E-state index contributed by atoms with van der Waals surface area (Å²) in [6, 6.07) is 2.30. The first-order valence-electron chi connectivity index (χ1n) is 5.68. The van der Waals surface area contributed by atoms with Crippen LogP contribution in [0.5, 0.6) is 0 Å². The van der Waals surface area contributed by atoms with E-state index in [1.165, 1.54) is 10.4 Å². The monoisotopic (exact) mass is 313 g/mol. The van der Waals surface area contributed by atoms with Gasteiger partial charge in [-0.25, -0.2) is 0 Å². The molecule has 0 aliphatic rings. The number of halogens is 1. The number of hydrogen-bond acceptors (Lipinski definition) is 3. The molecule has 1 unspecified atom stereocenters. The van der Waals surface area contributed by atoms with Crippen LogP contribution in [0.4, 0.5) is 0 Å². The molecule has 17 heavy (non-hydrogen) atoms. The predicted molar refractivity (Wildman–Crippen MR) is 75.4 cm³/mol. The van der Waals surface area contributed by atoms with Gasteiger partial charge in [0.15, 0.2) is 0 Å². The van der Waals surface area contributed by atoms with Gasteiger partial charge in [0.2, 0.25) is 0 Å². The molecule has 2 aromatic rings. The second-order valence-electron chi connectivity index (χ2n) is 3.89. The SMILES string of the molecule is CCCn1cc(C(NC)c2sccc2Br)cn1. The van der Waals surface area contributed by atoms with Gasteiger partial charge in [0.05, 0.1) is 12.2 Å². The van der Waals surface area contributed by atoms with Crippen LogP contribution >= 0.6 is 27.3 Å². The molecule has 0 aromatic carbocycles. The number of aryl methyl sites for hydroxylation is 1. The van der Waals surface area contributed by atoms with Gasteiger partial charge in [-0.05, 0) is 40.8 Å². The van der Waals surface area contributed by atoms with E-state index in [1.807, 2.05) is 17.9 Å². The van der Waals surface area contributed by atoms with Gasteiger partial charge in [-0.3, -0.25) is 4.68 Å². The van der Waals surface area contributed by atoms with Gasteiger partial charge >= 0.3 is 0 Å². The summed E-state index contributed by atoms with van der Waals surface area (Å²) in [6.45, 7) is 3.13. The second-order valence-corrected chi connectivity index (χ2v) is 5.69. The Morgan fingerprint density at radius 1 is 1.59 bits per heavy atom. The normalized spacial score (nSPS) is 12.9. The van der Waals surface area contributed by atoms with Crippen LogP contribution in [0.2, 0.25) is 0 Å². The zero-order chi connectivity index (χ0) is 12.3. The van der Waals surface area contributed by atoms with Crippen LogP contribution in [-0.2, 0) is 6.54 Å². The van der Waals surface area contributed by atoms with E-state index < -0.39 is 0 Å². The molecule has 2 rings (SSSR count). The maximum Gasteiger partial charge on any atom is 0.0711 e. The summed E-state index contributed by atoms with van der Waals surface area (Å²) in [5.41, 5.74) is 1.21. The van der Waals surface area contributed by atoms with Crippen LogP contribution in [0, 0.1) is 0 Å². The number of nitrogens with zero attached hydrogens (tertiary/aromatic N) is 2. The molecule has 0 aliphatic heterocycles. The summed E-state index contributed by atoms with van der Waals surface area (Å²) in [6.07, 6.45) is 5.17. The van der Waals surface area contributed by atoms with Crippen molar-refractivity contribution < 1.29 is 0 Å². The Morgan fingerprint density at radius 2 is 2.41 bits per heavy atom. The molecular formula is C12H16BrN3S. The van der Waals surface area contributed by atoms with Crippen molar-refractivity contribution >= 4 is 27.3 Å². The average Bonchev–Trinajstić information content (AvgIpc) is 2.92. The molecular weight excluding hydrogens is 298 g/mol. The van der Waals surface area contributed by atoms with Crippen LogP contribution in [-0.4, -0.2) is 16.8 Å². The van der Waals surface area contributed by atoms with Gasteiger partial charge in [0, 0.05) is 27.7 Å². The number of nitrogens with one attached hydrogen (secondary N) is 1. The summed E-state index contributed by atoms with van der Waals surface area (Å²) in [4.78, 5) is 1.29. The zero-order valence-electron chi connectivity index (χ0n) is 9.98. The highest BCUT2D eigenvalue weighted by Crippen LogP contribution is 2.32. The minimum absolute atomic E-state index is 0.218. The van der Waals surface area contributed by atoms with Gasteiger partial charge in [0.1, 0.15) is 0 Å². The number of thiophene rings is 1. The fourth-order valence-electron chi connectivity index (χ4n) is 1.84. The summed E-state index contributed by atoms with van der Waals surface area (Å²) in [7, 11) is 1.98. The molecule has 0 fully saturated rings. The standard InChI is InChI=1S/C12H16BrN3S/c1-3-5-16-8-9(7-15-16)11(14-2)12-10(13)4-6-17-12/h4,6-8,11,14H,3,5H2,1-2H3. The molecule has 0 radical (unpaired) electrons. The van der Waals surface area contributed by atoms with Crippen LogP contribution in [0.1, 0.15) is 29.8 Å². The smallest absolute Gasteiger partial charge is 0.0711 e. The molecule has 92 valence electrons. The Kier molecular flexibility index (Phi) is 4.36. The van der Waals surface area contributed by atoms with Crippen molar-refractivity contribution in [2.45, 2.75) is 25.9 Å². The van der Waals surface area contributed by atoms with Gasteiger partial charge in [0.25, 0.3) is 0 Å². The molecule has 1 N–H and O–H groups in total. The molecule has 2 heterocycles. The zero-order valence-corrected chi connectivity index (χ0v) is 12.4. The Morgan fingerprint density at radius 3 is 3.00 bits per heavy atom. The largest absolute Gasteiger partial charge is 0.309 e. The van der Waals surface area contributed by atoms with Crippen molar-refractivity contribution in [1.29, 1.82) is 0 Å². The summed E-state index contributed by atoms with van der Waals surface area (Å²) in [5, 5.41) is 9.82. The van der Waals surface area contributed by atoms with Crippen LogP contribution in [0.3, 0.4) is 0 Å². The number of rotatable bonds is 5. The topological polar surface area (TPSA) is 29.9 Å². The Bertz CT molecular complexity index is 478. The number of aromatic nitrogens is 2. The second kappa shape index (κ2) is 5.80. The van der Waals surface area contributed by atoms with Gasteiger partial charge in [-0.1, -0.05) is 6.92 Å². The van der Waals surface area contributed by atoms with Gasteiger partial charge < -0.3 is 5.32 Å². The van der Waals surface area contributed by atoms with Gasteiger partial charge in [-0.15, -0.1) is 11.3 Å². The molecule has 1 atom stereocenters. The summed E-state index contributed by atoms with van der Waals surface area (Å²) >= 11 is 5.34. The molecule has 0 bridgehead atoms. The summed E-state index contributed by atoms with van der Waals surface area (Å²) < 4.78 is 3.16. The highest BCUT2D eigenvalue weighted by Gasteiger charge is 2.17. The third kappa shape index (κ3) is 2.78. The highest BCUT2D eigenvalue weighted by atomic mass is 79.9. The first-order chi connectivity index (χ1) is 8.26. The lowest BCUT2D eigenvalue weighted by Crippen LogP contribution is -2.16. The lowest BCUT2D eigenvalue weighted by Gasteiger charge is -2.13. The van der Waals surface area contributed by atoms with Crippen molar-refractivity contribution in [1.82, 2.24) is 15.1 Å². The highest BCUT2D eigenvalue weighted by molar-refractivity contribution is 9.10. The van der Waals surface area contributed by atoms with E-state index in [9.17, 15) is 0 Å². The van der Waals surface area contributed by atoms with Crippen LogP contribution in [0.15, 0.2) is 28.3 Å². The van der Waals surface area contributed by atoms with Crippen LogP contribution < -0.4 is 5.32 Å². The fraction of sp³-hybridized carbons (Fsp3) is 0.417. The molecule has 2 aromatic heterocycles. The van der Waals surface area contributed by atoms with E-state index in [0.717, 1.165) is 17.4 Å². The predicted octanol–water partition coefficient (Wildman–Crippen LogP) is 3.43. The number of hydrogen-bond donors (Lipinski definition) is 1. The molecule has 3 nitrogen and oxygen atoms in total. The molecule has 5 heteroatoms. The molecule has 0 saturated carbocycles. The third-order valence-corrected chi connectivity index (χ3v) is 4.57. The maximum absolute atomic E-state index is 4.38. The lowest BCUT2D eigenvalue weighted by molar-refractivity contribution is 0.600. The fourth-order valence-corrected chi connectivity index (χ4v) is 3.58. The van der Waals surface area contributed by atoms with E-state index in [4.69, 9.17) is 0 Å². The average molecular weight is 314 g/mol. The van der Waals surface area contributed by atoms with E-state index in [2.05, 4.69) is 50.9 Å².